The van der Waals surface area contributed by atoms with Crippen LogP contribution in [0.4, 0.5) is 10.5 Å². The highest BCUT2D eigenvalue weighted by Gasteiger charge is 2.29. The van der Waals surface area contributed by atoms with Crippen molar-refractivity contribution in [3.63, 3.8) is 0 Å². The van der Waals surface area contributed by atoms with Crippen LogP contribution in [-0.4, -0.2) is 18.5 Å². The summed E-state index contributed by atoms with van der Waals surface area (Å²) in [5, 5.41) is 8.21. The molecule has 5 nitrogen and oxygen atoms in total. The summed E-state index contributed by atoms with van der Waals surface area (Å²) >= 11 is 0. The van der Waals surface area contributed by atoms with E-state index in [2.05, 4.69) is 21.9 Å². The molecule has 2 rings (SSSR count). The van der Waals surface area contributed by atoms with Crippen molar-refractivity contribution in [2.75, 3.05) is 11.9 Å². The Balaban J connectivity index is 1.87. The molecule has 0 saturated heterocycles. The summed E-state index contributed by atoms with van der Waals surface area (Å²) in [4.78, 5) is 23.2. The van der Waals surface area contributed by atoms with E-state index in [1.54, 1.807) is 0 Å². The molecular formula is C16H19N3O2. The molecule has 1 fully saturated rings. The van der Waals surface area contributed by atoms with Gasteiger partial charge in [-0.2, -0.15) is 0 Å². The second-order valence-corrected chi connectivity index (χ2v) is 5.14. The molecule has 0 aliphatic heterocycles. The molecule has 0 bridgehead atoms. The highest BCUT2D eigenvalue weighted by atomic mass is 16.2. The summed E-state index contributed by atoms with van der Waals surface area (Å²) in [6.07, 6.45) is 7.04. The number of rotatable bonds is 5. The topological polar surface area (TPSA) is 70.2 Å². The van der Waals surface area contributed by atoms with Gasteiger partial charge in [0.1, 0.15) is 0 Å². The third-order valence-corrected chi connectivity index (χ3v) is 3.32. The summed E-state index contributed by atoms with van der Waals surface area (Å²) in [6.45, 7) is 2.08. The SMILES string of the molecule is C#CCNC(=O)N[C@@H](C)c1ccc(NC(=O)C2CC2)cc1. The van der Waals surface area contributed by atoms with E-state index < -0.39 is 0 Å². The van der Waals surface area contributed by atoms with Crippen molar-refractivity contribution in [2.24, 2.45) is 5.92 Å². The number of terminal acetylenes is 1. The Morgan fingerprint density at radius 1 is 1.33 bits per heavy atom. The van der Waals surface area contributed by atoms with Gasteiger partial charge in [0.25, 0.3) is 0 Å². The van der Waals surface area contributed by atoms with Gasteiger partial charge in [0.15, 0.2) is 0 Å². The molecule has 0 unspecified atom stereocenters. The van der Waals surface area contributed by atoms with Crippen molar-refractivity contribution in [1.29, 1.82) is 0 Å². The first-order chi connectivity index (χ1) is 10.1. The molecule has 0 radical (unpaired) electrons. The maximum Gasteiger partial charge on any atom is 0.316 e. The lowest BCUT2D eigenvalue weighted by molar-refractivity contribution is -0.117. The van der Waals surface area contributed by atoms with Crippen LogP contribution >= 0.6 is 0 Å². The lowest BCUT2D eigenvalue weighted by Crippen LogP contribution is -2.37. The Morgan fingerprint density at radius 2 is 2.00 bits per heavy atom. The second-order valence-electron chi connectivity index (χ2n) is 5.14. The number of hydrogen-bond donors (Lipinski definition) is 3. The predicted molar refractivity (Wildman–Crippen MR) is 81.6 cm³/mol. The van der Waals surface area contributed by atoms with E-state index in [9.17, 15) is 9.59 Å². The lowest BCUT2D eigenvalue weighted by atomic mass is 10.1. The number of nitrogens with one attached hydrogen (secondary N) is 3. The third kappa shape index (κ3) is 4.53. The molecule has 0 aromatic heterocycles. The van der Waals surface area contributed by atoms with Gasteiger partial charge in [-0.05, 0) is 37.5 Å². The van der Waals surface area contributed by atoms with Crippen molar-refractivity contribution in [3.8, 4) is 12.3 Å². The summed E-state index contributed by atoms with van der Waals surface area (Å²) in [5.74, 6) is 2.61. The van der Waals surface area contributed by atoms with Gasteiger partial charge in [-0.25, -0.2) is 4.79 Å². The van der Waals surface area contributed by atoms with Crippen LogP contribution in [0, 0.1) is 18.3 Å². The molecule has 3 N–H and O–H groups in total. The monoisotopic (exact) mass is 285 g/mol. The van der Waals surface area contributed by atoms with Gasteiger partial charge in [-0.15, -0.1) is 6.42 Å². The summed E-state index contributed by atoms with van der Waals surface area (Å²) in [7, 11) is 0. The van der Waals surface area contributed by atoms with Crippen LogP contribution in [0.25, 0.3) is 0 Å². The van der Waals surface area contributed by atoms with Crippen molar-refractivity contribution in [2.45, 2.75) is 25.8 Å². The van der Waals surface area contributed by atoms with Gasteiger partial charge in [0.2, 0.25) is 5.91 Å². The minimum atomic E-state index is -0.299. The quantitative estimate of drug-likeness (QED) is 0.724. The summed E-state index contributed by atoms with van der Waals surface area (Å²) in [5.41, 5.74) is 1.73. The van der Waals surface area contributed by atoms with E-state index >= 15 is 0 Å². The number of anilines is 1. The molecule has 0 spiro atoms. The van der Waals surface area contributed by atoms with Crippen molar-refractivity contribution < 1.29 is 9.59 Å². The first-order valence-electron chi connectivity index (χ1n) is 6.99. The molecule has 1 atom stereocenters. The van der Waals surface area contributed by atoms with Gasteiger partial charge >= 0.3 is 6.03 Å². The Kier molecular flexibility index (Phi) is 4.83. The third-order valence-electron chi connectivity index (χ3n) is 3.32. The van der Waals surface area contributed by atoms with Gasteiger partial charge in [0.05, 0.1) is 12.6 Å². The molecule has 3 amide bonds. The van der Waals surface area contributed by atoms with Crippen molar-refractivity contribution in [1.82, 2.24) is 10.6 Å². The van der Waals surface area contributed by atoms with Gasteiger partial charge in [-0.1, -0.05) is 18.1 Å². The average Bonchev–Trinajstić information content (AvgIpc) is 3.30. The van der Waals surface area contributed by atoms with Gasteiger partial charge in [0, 0.05) is 11.6 Å². The Hall–Kier alpha value is -2.48. The Labute approximate surface area is 124 Å². The van der Waals surface area contributed by atoms with Crippen LogP contribution in [0.1, 0.15) is 31.4 Å². The molecule has 0 heterocycles. The number of benzene rings is 1. The average molecular weight is 285 g/mol. The molecule has 5 heteroatoms. The largest absolute Gasteiger partial charge is 0.332 e. The minimum absolute atomic E-state index is 0.0857. The highest BCUT2D eigenvalue weighted by molar-refractivity contribution is 5.94. The number of urea groups is 1. The fourth-order valence-electron chi connectivity index (χ4n) is 1.91. The molecular weight excluding hydrogens is 266 g/mol. The van der Waals surface area contributed by atoms with Crippen LogP contribution in [0.15, 0.2) is 24.3 Å². The molecule has 1 aliphatic rings. The zero-order chi connectivity index (χ0) is 15.2. The van der Waals surface area contributed by atoms with Crippen LogP contribution in [0.3, 0.4) is 0 Å². The van der Waals surface area contributed by atoms with Crippen LogP contribution in [0.5, 0.6) is 0 Å². The number of carbonyl (C=O) groups excluding carboxylic acids is 2. The maximum absolute atomic E-state index is 11.6. The number of hydrogen-bond acceptors (Lipinski definition) is 2. The molecule has 1 aromatic carbocycles. The summed E-state index contributed by atoms with van der Waals surface area (Å²) in [6, 6.07) is 7.01. The van der Waals surface area contributed by atoms with Crippen molar-refractivity contribution in [3.05, 3.63) is 29.8 Å². The number of carbonyl (C=O) groups is 2. The van der Waals surface area contributed by atoms with Gasteiger partial charge in [-0.3, -0.25) is 4.79 Å². The first kappa shape index (κ1) is 14.9. The molecule has 1 aliphatic carbocycles. The summed E-state index contributed by atoms with van der Waals surface area (Å²) < 4.78 is 0. The lowest BCUT2D eigenvalue weighted by Gasteiger charge is -2.15. The normalized spacial score (nSPS) is 14.7. The Bertz CT molecular complexity index is 556. The predicted octanol–water partition coefficient (Wildman–Crippen LogP) is 2.03. The minimum Gasteiger partial charge on any atom is -0.332 e. The van der Waals surface area contributed by atoms with E-state index in [-0.39, 0.29) is 30.4 Å². The molecule has 1 aromatic rings. The highest BCUT2D eigenvalue weighted by Crippen LogP contribution is 2.30. The first-order valence-corrected chi connectivity index (χ1v) is 6.99. The van der Waals surface area contributed by atoms with Crippen LogP contribution in [0.2, 0.25) is 0 Å². The van der Waals surface area contributed by atoms with E-state index in [4.69, 9.17) is 6.42 Å². The van der Waals surface area contributed by atoms with Crippen molar-refractivity contribution >= 4 is 17.6 Å². The molecule has 110 valence electrons. The van der Waals surface area contributed by atoms with Crippen LogP contribution in [-0.2, 0) is 4.79 Å². The van der Waals surface area contributed by atoms with E-state index in [1.807, 2.05) is 31.2 Å². The molecule has 21 heavy (non-hydrogen) atoms. The second kappa shape index (κ2) is 6.80. The van der Waals surface area contributed by atoms with E-state index in [0.29, 0.717) is 0 Å². The zero-order valence-electron chi connectivity index (χ0n) is 12.0. The Morgan fingerprint density at radius 3 is 2.57 bits per heavy atom. The van der Waals surface area contributed by atoms with Gasteiger partial charge < -0.3 is 16.0 Å². The zero-order valence-corrected chi connectivity index (χ0v) is 12.0. The fourth-order valence-corrected chi connectivity index (χ4v) is 1.91. The smallest absolute Gasteiger partial charge is 0.316 e. The van der Waals surface area contributed by atoms with Crippen LogP contribution < -0.4 is 16.0 Å². The molecule has 1 saturated carbocycles. The standard InChI is InChI=1S/C16H19N3O2/c1-3-10-17-16(21)18-11(2)12-6-8-14(9-7-12)19-15(20)13-4-5-13/h1,6-9,11,13H,4-5,10H2,2H3,(H,19,20)(H2,17,18,21)/t11-/m0/s1. The van der Waals surface area contributed by atoms with E-state index in [1.165, 1.54) is 0 Å². The van der Waals surface area contributed by atoms with E-state index in [0.717, 1.165) is 24.1 Å². The number of amides is 3. The fraction of sp³-hybridized carbons (Fsp3) is 0.375. The maximum atomic E-state index is 11.6.